The number of rotatable bonds is 4. The molecule has 2 aromatic rings. The summed E-state index contributed by atoms with van der Waals surface area (Å²) in [6.07, 6.45) is 0. The molecule has 2 rings (SSSR count). The van der Waals surface area contributed by atoms with E-state index in [1.54, 1.807) is 42.5 Å². The summed E-state index contributed by atoms with van der Waals surface area (Å²) in [6, 6.07) is 12.4. The predicted molar refractivity (Wildman–Crippen MR) is 78.7 cm³/mol. The molecular formula is C16H15FN2O2. The molecule has 0 aromatic heterocycles. The van der Waals surface area contributed by atoms with Crippen LogP contribution in [0.25, 0.3) is 0 Å². The molecule has 0 fully saturated rings. The van der Waals surface area contributed by atoms with Gasteiger partial charge in [0, 0.05) is 23.4 Å². The summed E-state index contributed by atoms with van der Waals surface area (Å²) < 4.78 is 13.4. The maximum atomic E-state index is 13.4. The Labute approximate surface area is 122 Å². The van der Waals surface area contributed by atoms with E-state index in [1.165, 1.54) is 13.0 Å². The number of hydrogen-bond acceptors (Lipinski definition) is 2. The van der Waals surface area contributed by atoms with Gasteiger partial charge in [-0.2, -0.15) is 0 Å². The number of Topliss-reactive ketones (excluding diaryl/α,β-unsaturated/α-hetero) is 1. The Morgan fingerprint density at radius 1 is 1.10 bits per heavy atom. The zero-order valence-corrected chi connectivity index (χ0v) is 11.5. The van der Waals surface area contributed by atoms with Gasteiger partial charge in [-0.25, -0.2) is 9.18 Å². The third-order valence-electron chi connectivity index (χ3n) is 2.92. The average molecular weight is 286 g/mol. The molecular weight excluding hydrogens is 271 g/mol. The van der Waals surface area contributed by atoms with Crippen molar-refractivity contribution in [1.29, 1.82) is 0 Å². The van der Waals surface area contributed by atoms with Crippen LogP contribution in [0.15, 0.2) is 48.5 Å². The number of ketones is 1. The van der Waals surface area contributed by atoms with E-state index in [0.717, 1.165) is 0 Å². The van der Waals surface area contributed by atoms with Crippen LogP contribution < -0.4 is 10.6 Å². The van der Waals surface area contributed by atoms with Gasteiger partial charge < -0.3 is 10.6 Å². The topological polar surface area (TPSA) is 58.2 Å². The second-order valence-electron chi connectivity index (χ2n) is 4.54. The maximum Gasteiger partial charge on any atom is 0.319 e. The summed E-state index contributed by atoms with van der Waals surface area (Å²) in [5.41, 5.74) is 1.43. The molecule has 2 N–H and O–H groups in total. The van der Waals surface area contributed by atoms with Crippen LogP contribution in [0.1, 0.15) is 22.8 Å². The number of carbonyl (C=O) groups excluding carboxylic acids is 2. The fourth-order valence-corrected chi connectivity index (χ4v) is 1.81. The first-order valence-corrected chi connectivity index (χ1v) is 6.45. The summed E-state index contributed by atoms with van der Waals surface area (Å²) in [5, 5.41) is 5.16. The molecule has 0 heterocycles. The summed E-state index contributed by atoms with van der Waals surface area (Å²) in [7, 11) is 0. The number of hydrogen-bond donors (Lipinski definition) is 2. The molecule has 0 unspecified atom stereocenters. The maximum absolute atomic E-state index is 13.4. The van der Waals surface area contributed by atoms with Gasteiger partial charge in [0.15, 0.2) is 5.78 Å². The molecule has 2 amide bonds. The number of anilines is 1. The van der Waals surface area contributed by atoms with Crippen LogP contribution in [0.3, 0.4) is 0 Å². The first-order valence-electron chi connectivity index (χ1n) is 6.45. The fourth-order valence-electron chi connectivity index (χ4n) is 1.81. The van der Waals surface area contributed by atoms with Gasteiger partial charge in [0.05, 0.1) is 0 Å². The molecule has 0 radical (unpaired) electrons. The van der Waals surface area contributed by atoms with Crippen LogP contribution in [-0.4, -0.2) is 11.8 Å². The lowest BCUT2D eigenvalue weighted by Gasteiger charge is -2.09. The Kier molecular flexibility index (Phi) is 4.66. The van der Waals surface area contributed by atoms with Crippen molar-refractivity contribution in [3.05, 3.63) is 65.5 Å². The minimum atomic E-state index is -0.459. The van der Waals surface area contributed by atoms with E-state index in [0.29, 0.717) is 16.8 Å². The van der Waals surface area contributed by atoms with Crippen molar-refractivity contribution >= 4 is 17.5 Å². The largest absolute Gasteiger partial charge is 0.334 e. The number of carbonyl (C=O) groups is 2. The predicted octanol–water partition coefficient (Wildman–Crippen LogP) is 3.35. The highest BCUT2D eigenvalue weighted by Gasteiger charge is 2.06. The van der Waals surface area contributed by atoms with Gasteiger partial charge in [-0.1, -0.05) is 30.3 Å². The smallest absolute Gasteiger partial charge is 0.319 e. The van der Waals surface area contributed by atoms with Crippen LogP contribution in [0.5, 0.6) is 0 Å². The molecule has 108 valence electrons. The molecule has 0 saturated carbocycles. The molecule has 0 aliphatic carbocycles. The van der Waals surface area contributed by atoms with Gasteiger partial charge in [0.2, 0.25) is 0 Å². The molecule has 0 spiro atoms. The van der Waals surface area contributed by atoms with Crippen molar-refractivity contribution in [3.8, 4) is 0 Å². The normalized spacial score (nSPS) is 10.0. The average Bonchev–Trinajstić information content (AvgIpc) is 2.46. The molecule has 0 aliphatic rings. The third-order valence-corrected chi connectivity index (χ3v) is 2.92. The zero-order chi connectivity index (χ0) is 15.2. The van der Waals surface area contributed by atoms with Crippen LogP contribution in [0.2, 0.25) is 0 Å². The first-order chi connectivity index (χ1) is 10.1. The van der Waals surface area contributed by atoms with Crippen molar-refractivity contribution in [2.45, 2.75) is 13.5 Å². The van der Waals surface area contributed by atoms with Gasteiger partial charge in [-0.15, -0.1) is 0 Å². The highest BCUT2D eigenvalue weighted by molar-refractivity contribution is 5.96. The number of halogens is 1. The van der Waals surface area contributed by atoms with Crippen molar-refractivity contribution < 1.29 is 14.0 Å². The molecule has 0 atom stereocenters. The summed E-state index contributed by atoms with van der Waals surface area (Å²) in [6.45, 7) is 1.54. The zero-order valence-electron chi connectivity index (χ0n) is 11.5. The van der Waals surface area contributed by atoms with Crippen LogP contribution >= 0.6 is 0 Å². The second-order valence-corrected chi connectivity index (χ2v) is 4.54. The molecule has 0 aliphatic heterocycles. The van der Waals surface area contributed by atoms with E-state index in [-0.39, 0.29) is 18.1 Å². The van der Waals surface area contributed by atoms with E-state index < -0.39 is 6.03 Å². The van der Waals surface area contributed by atoms with Crippen LogP contribution in [-0.2, 0) is 6.54 Å². The monoisotopic (exact) mass is 286 g/mol. The fraction of sp³-hybridized carbons (Fsp3) is 0.125. The van der Waals surface area contributed by atoms with Crippen LogP contribution in [0.4, 0.5) is 14.9 Å². The Morgan fingerprint density at radius 3 is 2.57 bits per heavy atom. The summed E-state index contributed by atoms with van der Waals surface area (Å²) in [4.78, 5) is 23.0. The van der Waals surface area contributed by atoms with Gasteiger partial charge >= 0.3 is 6.03 Å². The highest BCUT2D eigenvalue weighted by atomic mass is 19.1. The first kappa shape index (κ1) is 14.7. The second kappa shape index (κ2) is 6.65. The molecule has 0 bridgehead atoms. The van der Waals surface area contributed by atoms with E-state index in [2.05, 4.69) is 10.6 Å². The van der Waals surface area contributed by atoms with Crippen LogP contribution in [0, 0.1) is 5.82 Å². The van der Waals surface area contributed by atoms with Crippen molar-refractivity contribution in [2.75, 3.05) is 5.32 Å². The van der Waals surface area contributed by atoms with Crippen molar-refractivity contribution in [2.24, 2.45) is 0 Å². The van der Waals surface area contributed by atoms with E-state index in [4.69, 9.17) is 0 Å². The van der Waals surface area contributed by atoms with Gasteiger partial charge in [0.1, 0.15) is 5.82 Å². The number of nitrogens with one attached hydrogen (secondary N) is 2. The standard InChI is InChI=1S/C16H15FN2O2/c1-11(20)12-6-4-7-14(9-12)19-16(21)18-10-13-5-2-3-8-15(13)17/h2-9H,10H2,1H3,(H2,18,19,21). The Morgan fingerprint density at radius 2 is 1.86 bits per heavy atom. The lowest BCUT2D eigenvalue weighted by atomic mass is 10.1. The summed E-state index contributed by atoms with van der Waals surface area (Å²) in [5.74, 6) is -0.443. The molecule has 21 heavy (non-hydrogen) atoms. The Bertz CT molecular complexity index is 671. The SMILES string of the molecule is CC(=O)c1cccc(NC(=O)NCc2ccccc2F)c1. The van der Waals surface area contributed by atoms with E-state index in [9.17, 15) is 14.0 Å². The van der Waals surface area contributed by atoms with Crippen molar-refractivity contribution in [3.63, 3.8) is 0 Å². The van der Waals surface area contributed by atoms with E-state index >= 15 is 0 Å². The minimum absolute atomic E-state index is 0.0783. The quantitative estimate of drug-likeness (QED) is 0.847. The molecule has 4 nitrogen and oxygen atoms in total. The number of benzene rings is 2. The highest BCUT2D eigenvalue weighted by Crippen LogP contribution is 2.11. The van der Waals surface area contributed by atoms with Crippen molar-refractivity contribution in [1.82, 2.24) is 5.32 Å². The molecule has 2 aromatic carbocycles. The van der Waals surface area contributed by atoms with Gasteiger partial charge in [-0.05, 0) is 25.1 Å². The van der Waals surface area contributed by atoms with E-state index in [1.807, 2.05) is 0 Å². The number of urea groups is 1. The lowest BCUT2D eigenvalue weighted by Crippen LogP contribution is -2.28. The lowest BCUT2D eigenvalue weighted by molar-refractivity contribution is 0.101. The van der Waals surface area contributed by atoms with Gasteiger partial charge in [0.25, 0.3) is 0 Å². The minimum Gasteiger partial charge on any atom is -0.334 e. The molecule has 0 saturated heterocycles. The van der Waals surface area contributed by atoms with Gasteiger partial charge in [-0.3, -0.25) is 4.79 Å². The summed E-state index contributed by atoms with van der Waals surface area (Å²) >= 11 is 0. The Balaban J connectivity index is 1.95. The Hall–Kier alpha value is -2.69. The third kappa shape index (κ3) is 4.14. The molecule has 5 heteroatoms. The number of amides is 2.